The fourth-order valence-corrected chi connectivity index (χ4v) is 2.89. The summed E-state index contributed by atoms with van der Waals surface area (Å²) in [6, 6.07) is 10.1. The lowest BCUT2D eigenvalue weighted by atomic mass is 10.00. The standard InChI is InChI=1S/C15H16BrClN2/c1-2-7-19-15(11-4-3-8-18-10-11)13-6-5-12(17)9-14(13)16/h3-6,8-10,15,19H,2,7H2,1H3. The first kappa shape index (κ1) is 14.5. The molecule has 2 nitrogen and oxygen atoms in total. The molecule has 1 atom stereocenters. The second kappa shape index (κ2) is 7.04. The first-order valence-corrected chi connectivity index (χ1v) is 7.47. The zero-order valence-electron chi connectivity index (χ0n) is 10.7. The molecule has 0 saturated carbocycles. The summed E-state index contributed by atoms with van der Waals surface area (Å²) in [7, 11) is 0. The van der Waals surface area contributed by atoms with Crippen LogP contribution in [0.2, 0.25) is 5.02 Å². The van der Waals surface area contributed by atoms with Crippen molar-refractivity contribution in [1.82, 2.24) is 10.3 Å². The average Bonchev–Trinajstić information content (AvgIpc) is 2.42. The minimum atomic E-state index is 0.125. The maximum atomic E-state index is 6.01. The fraction of sp³-hybridized carbons (Fsp3) is 0.267. The van der Waals surface area contributed by atoms with Crippen LogP contribution in [0.5, 0.6) is 0 Å². The number of benzene rings is 1. The van der Waals surface area contributed by atoms with Crippen LogP contribution in [0.25, 0.3) is 0 Å². The molecule has 0 saturated heterocycles. The Morgan fingerprint density at radius 3 is 2.84 bits per heavy atom. The van der Waals surface area contributed by atoms with Gasteiger partial charge in [-0.2, -0.15) is 0 Å². The third-order valence-corrected chi connectivity index (χ3v) is 3.81. The van der Waals surface area contributed by atoms with Gasteiger partial charge in [0.25, 0.3) is 0 Å². The van der Waals surface area contributed by atoms with E-state index in [9.17, 15) is 0 Å². The SMILES string of the molecule is CCCNC(c1cccnc1)c1ccc(Cl)cc1Br. The minimum Gasteiger partial charge on any atom is -0.306 e. The Labute approximate surface area is 127 Å². The topological polar surface area (TPSA) is 24.9 Å². The molecule has 1 aromatic heterocycles. The molecule has 1 heterocycles. The minimum absolute atomic E-state index is 0.125. The van der Waals surface area contributed by atoms with E-state index in [1.54, 1.807) is 6.20 Å². The lowest BCUT2D eigenvalue weighted by molar-refractivity contribution is 0.595. The summed E-state index contributed by atoms with van der Waals surface area (Å²) in [6.45, 7) is 3.11. The summed E-state index contributed by atoms with van der Waals surface area (Å²) >= 11 is 9.60. The van der Waals surface area contributed by atoms with Gasteiger partial charge in [-0.1, -0.05) is 46.6 Å². The number of rotatable bonds is 5. The van der Waals surface area contributed by atoms with Gasteiger partial charge in [-0.25, -0.2) is 0 Å². The van der Waals surface area contributed by atoms with Gasteiger partial charge >= 0.3 is 0 Å². The number of halogens is 2. The van der Waals surface area contributed by atoms with E-state index in [4.69, 9.17) is 11.6 Å². The molecule has 0 radical (unpaired) electrons. The molecule has 0 spiro atoms. The van der Waals surface area contributed by atoms with Gasteiger partial charge in [0.2, 0.25) is 0 Å². The summed E-state index contributed by atoms with van der Waals surface area (Å²) < 4.78 is 1.01. The van der Waals surface area contributed by atoms with Crippen molar-refractivity contribution in [3.05, 3.63) is 63.3 Å². The molecule has 0 aliphatic heterocycles. The van der Waals surface area contributed by atoms with Crippen LogP contribution in [0, 0.1) is 0 Å². The van der Waals surface area contributed by atoms with Crippen LogP contribution in [-0.2, 0) is 0 Å². The third kappa shape index (κ3) is 3.78. The Morgan fingerprint density at radius 2 is 2.21 bits per heavy atom. The molecule has 0 fully saturated rings. The van der Waals surface area contributed by atoms with Gasteiger partial charge in [0.05, 0.1) is 6.04 Å². The van der Waals surface area contributed by atoms with E-state index >= 15 is 0 Å². The van der Waals surface area contributed by atoms with E-state index in [0.717, 1.165) is 28.0 Å². The van der Waals surface area contributed by atoms with E-state index in [1.165, 1.54) is 5.56 Å². The summed E-state index contributed by atoms with van der Waals surface area (Å²) in [5.74, 6) is 0. The third-order valence-electron chi connectivity index (χ3n) is 2.89. The monoisotopic (exact) mass is 338 g/mol. The van der Waals surface area contributed by atoms with Crippen LogP contribution in [0.4, 0.5) is 0 Å². The first-order valence-electron chi connectivity index (χ1n) is 6.30. The lowest BCUT2D eigenvalue weighted by Crippen LogP contribution is -2.23. The number of pyridine rings is 1. The molecule has 1 aromatic carbocycles. The van der Waals surface area contributed by atoms with E-state index in [0.29, 0.717) is 0 Å². The number of nitrogens with one attached hydrogen (secondary N) is 1. The number of aromatic nitrogens is 1. The predicted molar refractivity (Wildman–Crippen MR) is 83.5 cm³/mol. The molecule has 100 valence electrons. The average molecular weight is 340 g/mol. The second-order valence-corrected chi connectivity index (χ2v) is 5.63. The van der Waals surface area contributed by atoms with Crippen molar-refractivity contribution in [3.63, 3.8) is 0 Å². The quantitative estimate of drug-likeness (QED) is 0.862. The first-order chi connectivity index (χ1) is 9.22. The van der Waals surface area contributed by atoms with Gasteiger partial charge in [-0.05, 0) is 42.3 Å². The highest BCUT2D eigenvalue weighted by Crippen LogP contribution is 2.30. The summed E-state index contributed by atoms with van der Waals surface area (Å²) in [5.41, 5.74) is 2.32. The maximum absolute atomic E-state index is 6.01. The Morgan fingerprint density at radius 1 is 1.37 bits per heavy atom. The van der Waals surface area contributed by atoms with Crippen LogP contribution < -0.4 is 5.32 Å². The zero-order chi connectivity index (χ0) is 13.7. The number of hydrogen-bond acceptors (Lipinski definition) is 2. The largest absolute Gasteiger partial charge is 0.306 e. The molecular formula is C15H16BrClN2. The normalized spacial score (nSPS) is 12.4. The van der Waals surface area contributed by atoms with Gasteiger partial charge < -0.3 is 5.32 Å². The van der Waals surface area contributed by atoms with Crippen molar-refractivity contribution >= 4 is 27.5 Å². The summed E-state index contributed by atoms with van der Waals surface area (Å²) in [4.78, 5) is 4.21. The number of hydrogen-bond donors (Lipinski definition) is 1. The fourth-order valence-electron chi connectivity index (χ4n) is 1.98. The highest BCUT2D eigenvalue weighted by atomic mass is 79.9. The van der Waals surface area contributed by atoms with Crippen molar-refractivity contribution in [2.75, 3.05) is 6.54 Å². The van der Waals surface area contributed by atoms with Crippen LogP contribution in [0.15, 0.2) is 47.2 Å². The Bertz CT molecular complexity index is 531. The lowest BCUT2D eigenvalue weighted by Gasteiger charge is -2.20. The van der Waals surface area contributed by atoms with E-state index in [-0.39, 0.29) is 6.04 Å². The van der Waals surface area contributed by atoms with Gasteiger partial charge in [-0.3, -0.25) is 4.98 Å². The summed E-state index contributed by atoms with van der Waals surface area (Å²) in [5, 5.41) is 4.28. The van der Waals surface area contributed by atoms with Gasteiger partial charge in [0, 0.05) is 21.9 Å². The van der Waals surface area contributed by atoms with E-state index < -0.39 is 0 Å². The van der Waals surface area contributed by atoms with Gasteiger partial charge in [0.15, 0.2) is 0 Å². The molecule has 4 heteroatoms. The molecule has 1 N–H and O–H groups in total. The van der Waals surface area contributed by atoms with Gasteiger partial charge in [0.1, 0.15) is 0 Å². The van der Waals surface area contributed by atoms with Crippen molar-refractivity contribution in [3.8, 4) is 0 Å². The smallest absolute Gasteiger partial charge is 0.0603 e. The number of nitrogens with zero attached hydrogens (tertiary/aromatic N) is 1. The Kier molecular flexibility index (Phi) is 5.37. The molecule has 0 bridgehead atoms. The molecule has 0 aliphatic rings. The second-order valence-electron chi connectivity index (χ2n) is 4.34. The maximum Gasteiger partial charge on any atom is 0.0603 e. The van der Waals surface area contributed by atoms with Crippen molar-refractivity contribution in [2.24, 2.45) is 0 Å². The van der Waals surface area contributed by atoms with Crippen LogP contribution in [0.3, 0.4) is 0 Å². The van der Waals surface area contributed by atoms with Crippen molar-refractivity contribution in [2.45, 2.75) is 19.4 Å². The highest BCUT2D eigenvalue weighted by molar-refractivity contribution is 9.10. The summed E-state index contributed by atoms with van der Waals surface area (Å²) in [6.07, 6.45) is 4.77. The Hall–Kier alpha value is -0.900. The van der Waals surface area contributed by atoms with E-state index in [1.807, 2.05) is 30.5 Å². The predicted octanol–water partition coefficient (Wildman–Crippen LogP) is 4.59. The molecular weight excluding hydrogens is 324 g/mol. The highest BCUT2D eigenvalue weighted by Gasteiger charge is 2.16. The van der Waals surface area contributed by atoms with Crippen molar-refractivity contribution in [1.29, 1.82) is 0 Å². The molecule has 0 aliphatic carbocycles. The van der Waals surface area contributed by atoms with Crippen LogP contribution in [-0.4, -0.2) is 11.5 Å². The molecule has 2 aromatic rings. The van der Waals surface area contributed by atoms with Crippen molar-refractivity contribution < 1.29 is 0 Å². The molecule has 1 unspecified atom stereocenters. The van der Waals surface area contributed by atoms with E-state index in [2.05, 4.69) is 39.2 Å². The molecule has 19 heavy (non-hydrogen) atoms. The molecule has 2 rings (SSSR count). The zero-order valence-corrected chi connectivity index (χ0v) is 13.1. The Balaban J connectivity index is 2.37. The van der Waals surface area contributed by atoms with Crippen LogP contribution >= 0.6 is 27.5 Å². The van der Waals surface area contributed by atoms with Crippen LogP contribution in [0.1, 0.15) is 30.5 Å². The molecule has 0 amide bonds. The van der Waals surface area contributed by atoms with Gasteiger partial charge in [-0.15, -0.1) is 0 Å².